The zero-order chi connectivity index (χ0) is 24.9. The summed E-state index contributed by atoms with van der Waals surface area (Å²) < 4.78 is 0. The Morgan fingerprint density at radius 3 is 2.09 bits per heavy atom. The van der Waals surface area contributed by atoms with Crippen LogP contribution in [-0.4, -0.2) is 13.6 Å². The summed E-state index contributed by atoms with van der Waals surface area (Å²) in [6.07, 6.45) is 15.8. The third kappa shape index (κ3) is 12.5. The van der Waals surface area contributed by atoms with Gasteiger partial charge in [0.25, 0.3) is 0 Å². The maximum Gasteiger partial charge on any atom is -0.00520 e. The number of terminal acetylenes is 1. The van der Waals surface area contributed by atoms with Crippen LogP contribution >= 0.6 is 0 Å². The van der Waals surface area contributed by atoms with Gasteiger partial charge >= 0.3 is 0 Å². The Morgan fingerprint density at radius 1 is 0.969 bits per heavy atom. The third-order valence-corrected chi connectivity index (χ3v) is 5.59. The summed E-state index contributed by atoms with van der Waals surface area (Å²) in [7, 11) is 1.98. The van der Waals surface area contributed by atoms with E-state index >= 15 is 0 Å². The van der Waals surface area contributed by atoms with Gasteiger partial charge in [-0.25, -0.2) is 0 Å². The van der Waals surface area contributed by atoms with Crippen molar-refractivity contribution in [2.75, 3.05) is 13.6 Å². The highest BCUT2D eigenvalue weighted by molar-refractivity contribution is 5.41. The lowest BCUT2D eigenvalue weighted by atomic mass is 9.95. The Hall–Kier alpha value is -2.30. The van der Waals surface area contributed by atoms with Crippen molar-refractivity contribution in [3.05, 3.63) is 82.9 Å². The Balaban J connectivity index is 0. The van der Waals surface area contributed by atoms with E-state index in [1.54, 1.807) is 16.7 Å². The molecule has 0 heterocycles. The minimum Gasteiger partial charge on any atom is -0.320 e. The normalized spacial score (nSPS) is 12.8. The molecule has 0 saturated carbocycles. The topological polar surface area (TPSA) is 12.0 Å². The van der Waals surface area contributed by atoms with Crippen molar-refractivity contribution in [2.24, 2.45) is 0 Å². The van der Waals surface area contributed by atoms with E-state index in [0.29, 0.717) is 0 Å². The molecule has 2 aromatic carbocycles. The zero-order valence-electron chi connectivity index (χ0n) is 22.1. The predicted octanol–water partition coefficient (Wildman–Crippen LogP) is 8.36. The molecule has 1 atom stereocenters. The van der Waals surface area contributed by atoms with Crippen LogP contribution in [0.15, 0.2) is 49.6 Å². The average molecular weight is 436 g/mol. The molecule has 1 aliphatic carbocycles. The summed E-state index contributed by atoms with van der Waals surface area (Å²) in [4.78, 5) is 0. The molecule has 0 fully saturated rings. The van der Waals surface area contributed by atoms with Gasteiger partial charge in [-0.3, -0.25) is 0 Å². The number of benzene rings is 2. The molecule has 1 N–H and O–H groups in total. The van der Waals surface area contributed by atoms with Gasteiger partial charge in [-0.15, -0.1) is 26.0 Å². The van der Waals surface area contributed by atoms with E-state index in [1.165, 1.54) is 55.2 Å². The summed E-state index contributed by atoms with van der Waals surface area (Å²) >= 11 is 0. The number of unbranched alkanes of at least 4 members (excludes halogenated alkanes) is 1. The Kier molecular flexibility index (Phi) is 20.5. The first-order chi connectivity index (χ1) is 15.4. The first-order valence-electron chi connectivity index (χ1n) is 12.1. The highest BCUT2D eigenvalue weighted by atomic mass is 14.8. The molecule has 1 unspecified atom stereocenters. The van der Waals surface area contributed by atoms with Crippen molar-refractivity contribution in [1.29, 1.82) is 0 Å². The number of hydrogen-bond donors (Lipinski definition) is 1. The fourth-order valence-corrected chi connectivity index (χ4v) is 3.77. The van der Waals surface area contributed by atoms with Crippen molar-refractivity contribution >= 4 is 0 Å². The second kappa shape index (κ2) is 20.6. The molecule has 0 saturated heterocycles. The van der Waals surface area contributed by atoms with Gasteiger partial charge in [0.1, 0.15) is 0 Å². The lowest BCUT2D eigenvalue weighted by Crippen LogP contribution is -2.06. The third-order valence-electron chi connectivity index (χ3n) is 5.59. The summed E-state index contributed by atoms with van der Waals surface area (Å²) in [6.45, 7) is 20.4. The lowest BCUT2D eigenvalue weighted by molar-refractivity contribution is 0.711. The van der Waals surface area contributed by atoms with Gasteiger partial charge in [0, 0.05) is 0 Å². The summed E-state index contributed by atoms with van der Waals surface area (Å²) in [5.74, 6) is 0.803. The monoisotopic (exact) mass is 435 g/mol. The van der Waals surface area contributed by atoms with Crippen molar-refractivity contribution < 1.29 is 0 Å². The Morgan fingerprint density at radius 2 is 1.62 bits per heavy atom. The zero-order valence-corrected chi connectivity index (χ0v) is 22.1. The van der Waals surface area contributed by atoms with E-state index in [9.17, 15) is 0 Å². The van der Waals surface area contributed by atoms with Crippen LogP contribution in [0.1, 0.15) is 85.8 Å². The number of rotatable bonds is 5. The fourth-order valence-electron chi connectivity index (χ4n) is 3.77. The highest BCUT2D eigenvalue weighted by Crippen LogP contribution is 2.35. The van der Waals surface area contributed by atoms with E-state index in [0.717, 1.165) is 12.5 Å². The fraction of sp³-hybridized carbons (Fsp3) is 0.484. The van der Waals surface area contributed by atoms with E-state index in [4.69, 9.17) is 0 Å². The van der Waals surface area contributed by atoms with Crippen LogP contribution in [0.4, 0.5) is 0 Å². The van der Waals surface area contributed by atoms with Crippen molar-refractivity contribution in [2.45, 2.75) is 86.0 Å². The molecule has 1 heteroatoms. The molecule has 0 radical (unpaired) electrons. The molecule has 32 heavy (non-hydrogen) atoms. The van der Waals surface area contributed by atoms with E-state index < -0.39 is 0 Å². The lowest BCUT2D eigenvalue weighted by Gasteiger charge is -2.11. The standard InChI is InChI=1S/C13H18.C9H12.C5H13N.C2H4.C2H2/c1-3-5-11-6-4-7-12-9-8-10(2)13(11)12;1-7-4-5-8(2)9(3)6-7;1-3-4-5-6-2;2*1-2/h4,6-7,10H,3,5,8-9H2,1-2H3;4-6H,1-3H3;6H,3-5H2,1-2H3;1-2H2;1-2H. The second-order valence-corrected chi connectivity index (χ2v) is 8.22. The number of fused-ring (bicyclic) bond motifs is 1. The van der Waals surface area contributed by atoms with Gasteiger partial charge in [-0.05, 0) is 93.8 Å². The summed E-state index contributed by atoms with van der Waals surface area (Å²) in [5, 5.41) is 3.07. The van der Waals surface area contributed by atoms with Gasteiger partial charge in [0.2, 0.25) is 0 Å². The molecule has 3 rings (SSSR count). The molecule has 178 valence electrons. The molecule has 0 aliphatic heterocycles. The first kappa shape index (κ1) is 31.9. The van der Waals surface area contributed by atoms with E-state index in [-0.39, 0.29) is 0 Å². The van der Waals surface area contributed by atoms with Crippen LogP contribution in [0.3, 0.4) is 0 Å². The Bertz CT molecular complexity index is 737. The minimum absolute atomic E-state index is 0.803. The van der Waals surface area contributed by atoms with Crippen LogP contribution in [0, 0.1) is 33.6 Å². The van der Waals surface area contributed by atoms with Gasteiger partial charge in [0.15, 0.2) is 0 Å². The smallest absolute Gasteiger partial charge is 0.00520 e. The second-order valence-electron chi connectivity index (χ2n) is 8.22. The van der Waals surface area contributed by atoms with Crippen LogP contribution in [-0.2, 0) is 12.8 Å². The highest BCUT2D eigenvalue weighted by Gasteiger charge is 2.20. The van der Waals surface area contributed by atoms with Crippen LogP contribution in [0.25, 0.3) is 0 Å². The van der Waals surface area contributed by atoms with E-state index in [2.05, 4.69) is 109 Å². The molecule has 1 nitrogen and oxygen atoms in total. The molecular weight excluding hydrogens is 386 g/mol. The minimum atomic E-state index is 0.803. The van der Waals surface area contributed by atoms with Crippen molar-refractivity contribution in [3.8, 4) is 12.8 Å². The average Bonchev–Trinajstić information content (AvgIpc) is 3.21. The van der Waals surface area contributed by atoms with Crippen LogP contribution in [0.5, 0.6) is 0 Å². The maximum atomic E-state index is 4.00. The molecule has 2 aromatic rings. The first-order valence-corrected chi connectivity index (χ1v) is 12.1. The number of hydrogen-bond acceptors (Lipinski definition) is 1. The molecular formula is C31H49N. The van der Waals surface area contributed by atoms with Gasteiger partial charge in [-0.2, -0.15) is 0 Å². The molecule has 0 spiro atoms. The molecule has 1 aliphatic rings. The molecule has 0 aromatic heterocycles. The number of nitrogens with one attached hydrogen (secondary N) is 1. The quantitative estimate of drug-likeness (QED) is 0.282. The number of aryl methyl sites for hydroxylation is 5. The maximum absolute atomic E-state index is 4.00. The molecule has 0 amide bonds. The largest absolute Gasteiger partial charge is 0.320 e. The van der Waals surface area contributed by atoms with Gasteiger partial charge in [0.05, 0.1) is 0 Å². The van der Waals surface area contributed by atoms with Crippen LogP contribution < -0.4 is 5.32 Å². The van der Waals surface area contributed by atoms with Crippen molar-refractivity contribution in [3.63, 3.8) is 0 Å². The van der Waals surface area contributed by atoms with Gasteiger partial charge < -0.3 is 5.32 Å². The summed E-state index contributed by atoms with van der Waals surface area (Å²) in [5.41, 5.74) is 8.99. The van der Waals surface area contributed by atoms with Crippen LogP contribution in [0.2, 0.25) is 0 Å². The summed E-state index contributed by atoms with van der Waals surface area (Å²) in [6, 6.07) is 13.3. The molecule has 0 bridgehead atoms. The SMILES string of the molecule is C#C.C=C.CCCCNC.CCCc1cccc2c1C(C)CC2.Cc1ccc(C)c(C)c1. The van der Waals surface area contributed by atoms with E-state index in [1.807, 2.05) is 7.05 Å². The predicted molar refractivity (Wildman–Crippen MR) is 148 cm³/mol. The van der Waals surface area contributed by atoms with Crippen molar-refractivity contribution in [1.82, 2.24) is 5.32 Å². The van der Waals surface area contributed by atoms with Gasteiger partial charge in [-0.1, -0.05) is 75.6 Å². The Labute approximate surface area is 200 Å².